The van der Waals surface area contributed by atoms with Crippen molar-refractivity contribution in [2.45, 2.75) is 90.4 Å². The van der Waals surface area contributed by atoms with Gasteiger partial charge in [-0.15, -0.1) is 0 Å². The summed E-state index contributed by atoms with van der Waals surface area (Å²) < 4.78 is 11.6. The molecule has 184 valence electrons. The molecule has 3 aliphatic rings. The number of fused-ring (bicyclic) bond motifs is 1. The second-order valence-electron chi connectivity index (χ2n) is 10.3. The number of aliphatic hydroxyl groups excluding tert-OH is 1. The fourth-order valence-electron chi connectivity index (χ4n) is 5.60. The Balaban J connectivity index is 1.67. The molecule has 3 rings (SSSR count). The van der Waals surface area contributed by atoms with E-state index >= 15 is 0 Å². The Bertz CT molecular complexity index is 790. The van der Waals surface area contributed by atoms with Crippen LogP contribution in [0.15, 0.2) is 23.8 Å². The molecule has 33 heavy (non-hydrogen) atoms. The zero-order valence-electron chi connectivity index (χ0n) is 20.1. The van der Waals surface area contributed by atoms with Crippen LogP contribution >= 0.6 is 0 Å². The number of hydrogen-bond donors (Lipinski definition) is 2. The first-order valence-electron chi connectivity index (χ1n) is 12.4. The van der Waals surface area contributed by atoms with E-state index in [1.54, 1.807) is 0 Å². The molecule has 0 spiro atoms. The Hall–Kier alpha value is -2.15. The molecule has 0 aromatic carbocycles. The molecule has 3 N–H and O–H groups in total. The van der Waals surface area contributed by atoms with E-state index in [4.69, 9.17) is 15.2 Å². The minimum absolute atomic E-state index is 0.0715. The fraction of sp³-hybridized carbons (Fsp3) is 0.731. The highest BCUT2D eigenvalue weighted by molar-refractivity contribution is 5.74. The van der Waals surface area contributed by atoms with Crippen LogP contribution in [0.4, 0.5) is 0 Å². The van der Waals surface area contributed by atoms with E-state index in [0.717, 1.165) is 12.8 Å². The van der Waals surface area contributed by atoms with Crippen molar-refractivity contribution in [1.29, 1.82) is 0 Å². The van der Waals surface area contributed by atoms with Crippen molar-refractivity contribution in [3.8, 4) is 0 Å². The van der Waals surface area contributed by atoms with Crippen molar-refractivity contribution in [2.75, 3.05) is 0 Å². The van der Waals surface area contributed by atoms with Gasteiger partial charge in [-0.05, 0) is 55.4 Å². The molecule has 0 aromatic heterocycles. The van der Waals surface area contributed by atoms with Crippen LogP contribution in [0.2, 0.25) is 0 Å². The number of aliphatic hydroxyl groups is 1. The molecule has 1 saturated heterocycles. The number of amides is 1. The number of esters is 2. The topological polar surface area (TPSA) is 116 Å². The Morgan fingerprint density at radius 2 is 2.03 bits per heavy atom. The van der Waals surface area contributed by atoms with Crippen molar-refractivity contribution < 1.29 is 29.0 Å². The molecule has 8 atom stereocenters. The quantitative estimate of drug-likeness (QED) is 0.508. The van der Waals surface area contributed by atoms with Crippen LogP contribution in [0.1, 0.15) is 72.1 Å². The van der Waals surface area contributed by atoms with Gasteiger partial charge in [0.2, 0.25) is 5.91 Å². The van der Waals surface area contributed by atoms with E-state index in [9.17, 15) is 19.5 Å². The lowest BCUT2D eigenvalue weighted by Gasteiger charge is -2.43. The van der Waals surface area contributed by atoms with E-state index < -0.39 is 6.10 Å². The summed E-state index contributed by atoms with van der Waals surface area (Å²) >= 11 is 0. The number of allylic oxidation sites excluding steroid dienone is 3. The summed E-state index contributed by atoms with van der Waals surface area (Å²) in [5.74, 6) is -0.212. The Kier molecular flexibility index (Phi) is 8.74. The monoisotopic (exact) mass is 461 g/mol. The molecule has 1 heterocycles. The highest BCUT2D eigenvalue weighted by atomic mass is 16.5. The number of rotatable bonds is 9. The van der Waals surface area contributed by atoms with Gasteiger partial charge in [-0.25, -0.2) is 0 Å². The van der Waals surface area contributed by atoms with Gasteiger partial charge in [-0.3, -0.25) is 14.4 Å². The number of carbonyl (C=O) groups excluding carboxylic acids is 3. The van der Waals surface area contributed by atoms with Crippen molar-refractivity contribution >= 4 is 17.8 Å². The van der Waals surface area contributed by atoms with Crippen LogP contribution in [0.25, 0.3) is 0 Å². The van der Waals surface area contributed by atoms with Crippen LogP contribution in [0.3, 0.4) is 0 Å². The molecule has 7 heteroatoms. The summed E-state index contributed by atoms with van der Waals surface area (Å²) in [5, 5.41) is 9.94. The molecule has 0 radical (unpaired) electrons. The summed E-state index contributed by atoms with van der Waals surface area (Å²) in [6, 6.07) is 0. The zero-order chi connectivity index (χ0) is 24.1. The number of carbonyl (C=O) groups is 3. The van der Waals surface area contributed by atoms with Crippen molar-refractivity contribution in [3.05, 3.63) is 23.8 Å². The van der Waals surface area contributed by atoms with Gasteiger partial charge in [0.15, 0.2) is 0 Å². The smallest absolute Gasteiger partial charge is 0.308 e. The SMILES string of the molecule is C[C@H]1C=C2C=C[C@H](C)[C@H](CC[C@H]3C[C@@H](O)CC(=O)O3)[C@H]2[C@@H](OC(=O)[C@@H](C)CCCC(N)=O)C1. The van der Waals surface area contributed by atoms with Crippen molar-refractivity contribution in [3.63, 3.8) is 0 Å². The summed E-state index contributed by atoms with van der Waals surface area (Å²) in [7, 11) is 0. The van der Waals surface area contributed by atoms with Gasteiger partial charge < -0.3 is 20.3 Å². The molecule has 2 aliphatic carbocycles. The molecule has 1 amide bonds. The Morgan fingerprint density at radius 1 is 1.27 bits per heavy atom. The molecular formula is C26H39NO6. The minimum atomic E-state index is -0.629. The number of hydrogen-bond acceptors (Lipinski definition) is 6. The zero-order valence-corrected chi connectivity index (χ0v) is 20.1. The van der Waals surface area contributed by atoms with Gasteiger partial charge in [-0.2, -0.15) is 0 Å². The number of ether oxygens (including phenoxy) is 2. The number of cyclic esters (lactones) is 1. The minimum Gasteiger partial charge on any atom is -0.462 e. The average molecular weight is 462 g/mol. The molecule has 0 bridgehead atoms. The van der Waals surface area contributed by atoms with Crippen LogP contribution in [-0.4, -0.2) is 41.3 Å². The van der Waals surface area contributed by atoms with Crippen LogP contribution in [-0.2, 0) is 23.9 Å². The lowest BCUT2D eigenvalue weighted by Crippen LogP contribution is -2.42. The van der Waals surface area contributed by atoms with Gasteiger partial charge in [0.1, 0.15) is 12.2 Å². The third-order valence-corrected chi connectivity index (χ3v) is 7.38. The molecule has 0 unspecified atom stereocenters. The predicted molar refractivity (Wildman–Crippen MR) is 124 cm³/mol. The van der Waals surface area contributed by atoms with E-state index in [1.807, 2.05) is 6.92 Å². The standard InChI is InChI=1S/C26H39NO6/c1-15-11-18-8-7-16(2)21(10-9-20-13-19(28)14-24(30)32-20)25(18)22(12-15)33-26(31)17(3)5-4-6-23(27)29/h7-8,11,15-17,19-22,25,28H,4-6,9-10,12-14H2,1-3H3,(H2,27,29)/t15-,16-,17-,19+,20-,21-,22-,25-/m0/s1. The molecular weight excluding hydrogens is 422 g/mol. The summed E-state index contributed by atoms with van der Waals surface area (Å²) in [4.78, 5) is 35.6. The highest BCUT2D eigenvalue weighted by Gasteiger charge is 2.42. The number of nitrogens with two attached hydrogens (primary N) is 1. The largest absolute Gasteiger partial charge is 0.462 e. The third-order valence-electron chi connectivity index (χ3n) is 7.38. The van der Waals surface area contributed by atoms with E-state index in [2.05, 4.69) is 32.1 Å². The molecule has 1 fully saturated rings. The maximum Gasteiger partial charge on any atom is 0.308 e. The first kappa shape index (κ1) is 25.5. The Morgan fingerprint density at radius 3 is 2.73 bits per heavy atom. The second-order valence-corrected chi connectivity index (χ2v) is 10.3. The average Bonchev–Trinajstić information content (AvgIpc) is 2.72. The van der Waals surface area contributed by atoms with Gasteiger partial charge in [0.05, 0.1) is 18.4 Å². The van der Waals surface area contributed by atoms with Crippen LogP contribution in [0, 0.1) is 29.6 Å². The molecule has 1 aliphatic heterocycles. The fourth-order valence-corrected chi connectivity index (χ4v) is 5.60. The maximum absolute atomic E-state index is 12.9. The Labute approximate surface area is 196 Å². The van der Waals surface area contributed by atoms with Gasteiger partial charge >= 0.3 is 11.9 Å². The predicted octanol–water partition coefficient (Wildman–Crippen LogP) is 3.44. The van der Waals surface area contributed by atoms with Crippen molar-refractivity contribution in [1.82, 2.24) is 0 Å². The summed E-state index contributed by atoms with van der Waals surface area (Å²) in [5.41, 5.74) is 6.43. The summed E-state index contributed by atoms with van der Waals surface area (Å²) in [6.07, 6.45) is 9.86. The first-order valence-corrected chi connectivity index (χ1v) is 12.4. The van der Waals surface area contributed by atoms with Gasteiger partial charge in [-0.1, -0.05) is 39.0 Å². The van der Waals surface area contributed by atoms with E-state index in [-0.39, 0.29) is 60.6 Å². The second kappa shape index (κ2) is 11.3. The highest BCUT2D eigenvalue weighted by Crippen LogP contribution is 2.45. The van der Waals surface area contributed by atoms with E-state index in [0.29, 0.717) is 37.5 Å². The first-order chi connectivity index (χ1) is 15.6. The lowest BCUT2D eigenvalue weighted by molar-refractivity contribution is -0.162. The lowest BCUT2D eigenvalue weighted by atomic mass is 9.65. The maximum atomic E-state index is 12.9. The van der Waals surface area contributed by atoms with Crippen LogP contribution < -0.4 is 5.73 Å². The van der Waals surface area contributed by atoms with Gasteiger partial charge in [0.25, 0.3) is 0 Å². The molecule has 7 nitrogen and oxygen atoms in total. The number of primary amides is 1. The third kappa shape index (κ3) is 6.92. The summed E-state index contributed by atoms with van der Waals surface area (Å²) in [6.45, 7) is 6.17. The van der Waals surface area contributed by atoms with Gasteiger partial charge in [0, 0.05) is 18.8 Å². The van der Waals surface area contributed by atoms with Crippen molar-refractivity contribution in [2.24, 2.45) is 35.3 Å². The van der Waals surface area contributed by atoms with E-state index in [1.165, 1.54) is 5.57 Å². The normalized spacial score (nSPS) is 34.6. The molecule has 0 saturated carbocycles. The molecule has 0 aromatic rings. The van der Waals surface area contributed by atoms with Crippen LogP contribution in [0.5, 0.6) is 0 Å².